The number of aryl methyl sites for hydroxylation is 1. The van der Waals surface area contributed by atoms with Gasteiger partial charge < -0.3 is 24.8 Å². The summed E-state index contributed by atoms with van der Waals surface area (Å²) in [6, 6.07) is 15.5. The lowest BCUT2D eigenvalue weighted by molar-refractivity contribution is -0.119. The van der Waals surface area contributed by atoms with Crippen molar-refractivity contribution < 1.29 is 9.53 Å². The van der Waals surface area contributed by atoms with E-state index in [1.54, 1.807) is 6.20 Å². The molecule has 1 amide bonds. The van der Waals surface area contributed by atoms with Gasteiger partial charge in [-0.15, -0.1) is 0 Å². The quantitative estimate of drug-likeness (QED) is 0.596. The number of aromatic nitrogens is 2. The van der Waals surface area contributed by atoms with Crippen molar-refractivity contribution in [1.29, 1.82) is 0 Å². The minimum Gasteiger partial charge on any atom is -0.375 e. The third-order valence-corrected chi connectivity index (χ3v) is 5.31. The molecule has 0 aliphatic carbocycles. The molecule has 1 aliphatic rings. The zero-order valence-corrected chi connectivity index (χ0v) is 17.6. The smallest absolute Gasteiger partial charge is 0.250 e. The number of ether oxygens (including phenoxy) is 1. The van der Waals surface area contributed by atoms with Crippen LogP contribution in [0.2, 0.25) is 0 Å². The molecule has 1 aliphatic heterocycles. The van der Waals surface area contributed by atoms with Gasteiger partial charge in [0.15, 0.2) is 5.11 Å². The first kappa shape index (κ1) is 20.1. The van der Waals surface area contributed by atoms with Crippen LogP contribution in [0.25, 0.3) is 0 Å². The van der Waals surface area contributed by atoms with Crippen LogP contribution in [0.1, 0.15) is 23.3 Å². The van der Waals surface area contributed by atoms with Crippen molar-refractivity contribution >= 4 is 34.6 Å². The fourth-order valence-corrected chi connectivity index (χ4v) is 4.05. The Hall–Kier alpha value is -3.23. The minimum absolute atomic E-state index is 0.0176. The number of anilines is 2. The largest absolute Gasteiger partial charge is 0.375 e. The highest BCUT2D eigenvalue weighted by Crippen LogP contribution is 2.41. The van der Waals surface area contributed by atoms with E-state index < -0.39 is 0 Å². The number of pyridine rings is 1. The number of hydrogen-bond acceptors (Lipinski definition) is 4. The third kappa shape index (κ3) is 4.05. The van der Waals surface area contributed by atoms with E-state index in [-0.39, 0.29) is 24.6 Å². The number of carbonyl (C=O) groups excluding carboxylic acids is 1. The monoisotopic (exact) mass is 421 g/mol. The van der Waals surface area contributed by atoms with Crippen LogP contribution in [0.15, 0.2) is 67.1 Å². The third-order valence-electron chi connectivity index (χ3n) is 5.00. The Morgan fingerprint density at radius 1 is 1.23 bits per heavy atom. The van der Waals surface area contributed by atoms with Gasteiger partial charge in [0.05, 0.1) is 17.8 Å². The predicted octanol–water partition coefficient (Wildman–Crippen LogP) is 3.18. The topological polar surface area (TPSA) is 71.4 Å². The molecule has 8 heteroatoms. The summed E-state index contributed by atoms with van der Waals surface area (Å²) in [7, 11) is 3.49. The summed E-state index contributed by atoms with van der Waals surface area (Å²) in [5.74, 6) is -0.194. The van der Waals surface area contributed by atoms with Gasteiger partial charge in [0, 0.05) is 44.1 Å². The van der Waals surface area contributed by atoms with Crippen LogP contribution in [0.4, 0.5) is 11.4 Å². The molecule has 2 atom stereocenters. The van der Waals surface area contributed by atoms with Crippen molar-refractivity contribution in [2.45, 2.75) is 12.1 Å². The molecule has 0 spiro atoms. The number of benzene rings is 1. The summed E-state index contributed by atoms with van der Waals surface area (Å²) in [5, 5.41) is 6.88. The Morgan fingerprint density at radius 3 is 2.67 bits per heavy atom. The van der Waals surface area contributed by atoms with Crippen molar-refractivity contribution in [3.8, 4) is 0 Å². The zero-order valence-electron chi connectivity index (χ0n) is 16.8. The molecule has 30 heavy (non-hydrogen) atoms. The number of nitrogens with zero attached hydrogens (tertiary/aromatic N) is 3. The first-order valence-corrected chi connectivity index (χ1v) is 9.99. The van der Waals surface area contributed by atoms with Gasteiger partial charge in [0.2, 0.25) is 5.91 Å². The number of thiocarbonyl (C=S) groups is 1. The molecule has 3 aromatic rings. The van der Waals surface area contributed by atoms with E-state index in [0.717, 1.165) is 16.9 Å². The Kier molecular flexibility index (Phi) is 5.78. The summed E-state index contributed by atoms with van der Waals surface area (Å²) in [4.78, 5) is 18.4. The van der Waals surface area contributed by atoms with Crippen molar-refractivity contribution in [3.05, 3.63) is 78.4 Å². The van der Waals surface area contributed by atoms with Gasteiger partial charge in [0.1, 0.15) is 6.61 Å². The molecule has 4 rings (SSSR count). The van der Waals surface area contributed by atoms with Crippen LogP contribution in [0.5, 0.6) is 0 Å². The van der Waals surface area contributed by atoms with Crippen LogP contribution in [0.3, 0.4) is 0 Å². The molecular weight excluding hydrogens is 398 g/mol. The summed E-state index contributed by atoms with van der Waals surface area (Å²) >= 11 is 5.71. The van der Waals surface area contributed by atoms with Gasteiger partial charge in [-0.25, -0.2) is 0 Å². The highest BCUT2D eigenvalue weighted by atomic mass is 32.1. The SMILES string of the molecule is COCC(=O)Nc1ccc(N2C(=S)N[C@H](c3ccccn3)[C@H]2c2ccn(C)c2)cc1. The van der Waals surface area contributed by atoms with Crippen molar-refractivity contribution in [1.82, 2.24) is 14.9 Å². The molecule has 3 heterocycles. The fourth-order valence-electron chi connectivity index (χ4n) is 3.71. The zero-order chi connectivity index (χ0) is 21.1. The lowest BCUT2D eigenvalue weighted by atomic mass is 9.98. The van der Waals surface area contributed by atoms with Gasteiger partial charge in [0.25, 0.3) is 0 Å². The van der Waals surface area contributed by atoms with Crippen LogP contribution in [-0.4, -0.2) is 34.3 Å². The molecule has 2 aromatic heterocycles. The second-order valence-corrected chi connectivity index (χ2v) is 7.52. The number of amides is 1. The molecule has 1 saturated heterocycles. The highest BCUT2D eigenvalue weighted by Gasteiger charge is 2.40. The highest BCUT2D eigenvalue weighted by molar-refractivity contribution is 7.80. The number of rotatable bonds is 6. The lowest BCUT2D eigenvalue weighted by Gasteiger charge is -2.27. The lowest BCUT2D eigenvalue weighted by Crippen LogP contribution is -2.29. The van der Waals surface area contributed by atoms with E-state index in [4.69, 9.17) is 17.0 Å². The predicted molar refractivity (Wildman–Crippen MR) is 120 cm³/mol. The van der Waals surface area contributed by atoms with Crippen molar-refractivity contribution in [2.24, 2.45) is 7.05 Å². The molecule has 0 saturated carbocycles. The molecule has 154 valence electrons. The van der Waals surface area contributed by atoms with Gasteiger partial charge in [-0.05, 0) is 60.2 Å². The maximum atomic E-state index is 11.8. The maximum absolute atomic E-state index is 11.8. The first-order valence-electron chi connectivity index (χ1n) is 9.58. The normalized spacial score (nSPS) is 18.3. The molecule has 1 aromatic carbocycles. The molecule has 1 fully saturated rings. The van der Waals surface area contributed by atoms with Crippen molar-refractivity contribution in [3.63, 3.8) is 0 Å². The van der Waals surface area contributed by atoms with Crippen LogP contribution < -0.4 is 15.5 Å². The Morgan fingerprint density at radius 2 is 2.03 bits per heavy atom. The Bertz CT molecular complexity index is 1040. The summed E-state index contributed by atoms with van der Waals surface area (Å²) < 4.78 is 6.89. The summed E-state index contributed by atoms with van der Waals surface area (Å²) in [5.41, 5.74) is 3.71. The molecule has 0 radical (unpaired) electrons. The molecule has 7 nitrogen and oxygen atoms in total. The summed E-state index contributed by atoms with van der Waals surface area (Å²) in [6.07, 6.45) is 5.92. The fraction of sp³-hybridized carbons (Fsp3) is 0.227. The second-order valence-electron chi connectivity index (χ2n) is 7.13. The Balaban J connectivity index is 1.67. The van der Waals surface area contributed by atoms with E-state index in [1.807, 2.05) is 60.3 Å². The Labute approximate surface area is 180 Å². The average Bonchev–Trinajstić information content (AvgIpc) is 3.32. The second kappa shape index (κ2) is 8.64. The standard InChI is InChI=1S/C22H23N5O2S/c1-26-12-10-15(13-26)21-20(18-5-3-4-11-23-18)25-22(30)27(21)17-8-6-16(7-9-17)24-19(28)14-29-2/h3-13,20-21H,14H2,1-2H3,(H,24,28)(H,25,30)/t20-,21-/m1/s1. The molecule has 0 unspecified atom stereocenters. The molecule has 2 N–H and O–H groups in total. The van der Waals surface area contributed by atoms with E-state index in [1.165, 1.54) is 7.11 Å². The molecular formula is C22H23N5O2S. The van der Waals surface area contributed by atoms with E-state index in [0.29, 0.717) is 10.8 Å². The number of methoxy groups -OCH3 is 1. The van der Waals surface area contributed by atoms with Gasteiger partial charge in [-0.3, -0.25) is 9.78 Å². The minimum atomic E-state index is -0.194. The van der Waals surface area contributed by atoms with Crippen molar-refractivity contribution in [2.75, 3.05) is 23.9 Å². The molecule has 0 bridgehead atoms. The van der Waals surface area contributed by atoms with Gasteiger partial charge in [-0.2, -0.15) is 0 Å². The summed E-state index contributed by atoms with van der Waals surface area (Å²) in [6.45, 7) is 0.0176. The first-order chi connectivity index (χ1) is 14.6. The number of nitrogens with one attached hydrogen (secondary N) is 2. The van der Waals surface area contributed by atoms with Crippen LogP contribution in [-0.2, 0) is 16.6 Å². The van der Waals surface area contributed by atoms with E-state index >= 15 is 0 Å². The van der Waals surface area contributed by atoms with E-state index in [2.05, 4.69) is 32.8 Å². The number of hydrogen-bond donors (Lipinski definition) is 2. The van der Waals surface area contributed by atoms with Crippen LogP contribution in [0, 0.1) is 0 Å². The van der Waals surface area contributed by atoms with Gasteiger partial charge >= 0.3 is 0 Å². The average molecular weight is 422 g/mol. The number of carbonyl (C=O) groups is 1. The van der Waals surface area contributed by atoms with E-state index in [9.17, 15) is 4.79 Å². The van der Waals surface area contributed by atoms with Crippen LogP contribution >= 0.6 is 12.2 Å². The van der Waals surface area contributed by atoms with Gasteiger partial charge in [-0.1, -0.05) is 6.07 Å². The maximum Gasteiger partial charge on any atom is 0.250 e.